The molecule has 0 unspecified atom stereocenters. The molecule has 0 atom stereocenters. The first-order chi connectivity index (χ1) is 17.9. The van der Waals surface area contributed by atoms with Gasteiger partial charge in [-0.25, -0.2) is 5.01 Å². The number of nitrogens with zero attached hydrogens (tertiary/aromatic N) is 5. The second-order valence-corrected chi connectivity index (χ2v) is 9.99. The lowest BCUT2D eigenvalue weighted by molar-refractivity contribution is -0.151. The van der Waals surface area contributed by atoms with Crippen LogP contribution in [-0.2, 0) is 35.6 Å². The molecule has 2 aliphatic heterocycles. The van der Waals surface area contributed by atoms with E-state index in [0.717, 1.165) is 42.7 Å². The van der Waals surface area contributed by atoms with Crippen LogP contribution in [0.15, 0.2) is 36.4 Å². The number of likely N-dealkylation sites (N-methyl/N-ethyl adjacent to an activating group) is 2. The molecule has 0 radical (unpaired) electrons. The lowest BCUT2D eigenvalue weighted by Gasteiger charge is -2.31. The van der Waals surface area contributed by atoms with Crippen LogP contribution >= 0.6 is 0 Å². The summed E-state index contributed by atoms with van der Waals surface area (Å²) in [5.41, 5.74) is 6.74. The van der Waals surface area contributed by atoms with Crippen molar-refractivity contribution in [3.8, 4) is 0 Å². The Morgan fingerprint density at radius 1 is 1.11 bits per heavy atom. The number of carbonyl (C=O) groups is 2. The topological polar surface area (TPSA) is 85.7 Å². The molecule has 3 aromatic rings. The number of benzene rings is 2. The highest BCUT2D eigenvalue weighted by molar-refractivity contribution is 5.89. The third-order valence-electron chi connectivity index (χ3n) is 7.50. The molecule has 0 fully saturated rings. The van der Waals surface area contributed by atoms with Crippen molar-refractivity contribution in [2.24, 2.45) is 0 Å². The van der Waals surface area contributed by atoms with Crippen molar-refractivity contribution in [2.75, 3.05) is 45.1 Å². The summed E-state index contributed by atoms with van der Waals surface area (Å²) < 4.78 is 2.10. The number of hydrogen-bond donors (Lipinski definition) is 2. The lowest BCUT2D eigenvalue weighted by Crippen LogP contribution is -2.49. The van der Waals surface area contributed by atoms with Crippen LogP contribution in [0, 0.1) is 6.92 Å². The van der Waals surface area contributed by atoms with Crippen molar-refractivity contribution in [3.05, 3.63) is 58.8 Å². The molecule has 2 amide bonds. The predicted molar refractivity (Wildman–Crippen MR) is 145 cm³/mol. The van der Waals surface area contributed by atoms with Crippen LogP contribution in [0.5, 0.6) is 0 Å². The molecular formula is C28H37N7O2. The fourth-order valence-corrected chi connectivity index (χ4v) is 5.29. The molecular weight excluding hydrogens is 466 g/mol. The van der Waals surface area contributed by atoms with Crippen LogP contribution in [0.3, 0.4) is 0 Å². The van der Waals surface area contributed by atoms with Crippen molar-refractivity contribution in [3.63, 3.8) is 0 Å². The quantitative estimate of drug-likeness (QED) is 0.414. The van der Waals surface area contributed by atoms with Crippen LogP contribution in [-0.4, -0.2) is 76.3 Å². The Kier molecular flexibility index (Phi) is 7.43. The van der Waals surface area contributed by atoms with Gasteiger partial charge in [0.25, 0.3) is 5.91 Å². The summed E-state index contributed by atoms with van der Waals surface area (Å²) in [6.45, 7) is 8.54. The van der Waals surface area contributed by atoms with Gasteiger partial charge in [-0.3, -0.25) is 19.3 Å². The Morgan fingerprint density at radius 2 is 1.86 bits per heavy atom. The summed E-state index contributed by atoms with van der Waals surface area (Å²) in [6, 6.07) is 12.5. The molecule has 37 heavy (non-hydrogen) atoms. The minimum Gasteiger partial charge on any atom is -0.376 e. The number of amides is 2. The predicted octanol–water partition coefficient (Wildman–Crippen LogP) is 2.53. The van der Waals surface area contributed by atoms with Gasteiger partial charge in [-0.05, 0) is 55.1 Å². The standard InChI is InChI=1S/C28H37N7O2/c1-4-29-11-13-33(19-28(37)32(3)34-17-21-8-5-6-9-22(21)18-34)27(36)16-30-24-15-25-23(14-20(24)2)26-10-7-12-35(26)31-25/h5-6,8-9,14-15,29-30H,4,7,10-13,16-19H2,1-3H3. The third-order valence-corrected chi connectivity index (χ3v) is 7.50. The molecule has 0 spiro atoms. The first-order valence-electron chi connectivity index (χ1n) is 13.2. The zero-order valence-corrected chi connectivity index (χ0v) is 22.1. The Labute approximate surface area is 218 Å². The molecule has 3 heterocycles. The van der Waals surface area contributed by atoms with Gasteiger partial charge in [-0.2, -0.15) is 5.10 Å². The number of rotatable bonds is 10. The zero-order valence-electron chi connectivity index (χ0n) is 22.1. The summed E-state index contributed by atoms with van der Waals surface area (Å²) in [5.74, 6) is -0.195. The van der Waals surface area contributed by atoms with Crippen molar-refractivity contribution >= 4 is 28.4 Å². The summed E-state index contributed by atoms with van der Waals surface area (Å²) in [4.78, 5) is 28.1. The highest BCUT2D eigenvalue weighted by atomic mass is 16.2. The average Bonchev–Trinajstić information content (AvgIpc) is 3.61. The smallest absolute Gasteiger partial charge is 0.256 e. The molecule has 0 bridgehead atoms. The minimum absolute atomic E-state index is 0.0427. The van der Waals surface area contributed by atoms with Gasteiger partial charge < -0.3 is 15.5 Å². The molecule has 0 saturated carbocycles. The molecule has 0 aliphatic carbocycles. The summed E-state index contributed by atoms with van der Waals surface area (Å²) in [7, 11) is 1.79. The van der Waals surface area contributed by atoms with E-state index in [1.165, 1.54) is 22.2 Å². The van der Waals surface area contributed by atoms with E-state index in [0.29, 0.717) is 26.2 Å². The Morgan fingerprint density at radius 3 is 2.59 bits per heavy atom. The van der Waals surface area contributed by atoms with Gasteiger partial charge in [-0.15, -0.1) is 0 Å². The molecule has 2 aromatic carbocycles. The van der Waals surface area contributed by atoms with Crippen LogP contribution in [0.4, 0.5) is 5.69 Å². The molecule has 9 nitrogen and oxygen atoms in total. The van der Waals surface area contributed by atoms with E-state index in [1.54, 1.807) is 17.0 Å². The highest BCUT2D eigenvalue weighted by Crippen LogP contribution is 2.29. The van der Waals surface area contributed by atoms with Crippen molar-refractivity contribution in [1.29, 1.82) is 0 Å². The van der Waals surface area contributed by atoms with Gasteiger partial charge in [0.2, 0.25) is 5.91 Å². The minimum atomic E-state index is -0.101. The molecule has 1 aromatic heterocycles. The van der Waals surface area contributed by atoms with Gasteiger partial charge in [0, 0.05) is 56.5 Å². The average molecular weight is 504 g/mol. The van der Waals surface area contributed by atoms with E-state index < -0.39 is 0 Å². The van der Waals surface area contributed by atoms with E-state index in [-0.39, 0.29) is 24.9 Å². The van der Waals surface area contributed by atoms with Crippen molar-refractivity contribution in [1.82, 2.24) is 30.0 Å². The van der Waals surface area contributed by atoms with Crippen LogP contribution in [0.25, 0.3) is 10.9 Å². The number of nitrogens with one attached hydrogen (secondary N) is 2. The maximum Gasteiger partial charge on any atom is 0.256 e. The van der Waals surface area contributed by atoms with Crippen LogP contribution < -0.4 is 10.6 Å². The fourth-order valence-electron chi connectivity index (χ4n) is 5.29. The van der Waals surface area contributed by atoms with Crippen LogP contribution in [0.2, 0.25) is 0 Å². The van der Waals surface area contributed by atoms with Gasteiger partial charge in [-0.1, -0.05) is 31.2 Å². The molecule has 0 saturated heterocycles. The van der Waals surface area contributed by atoms with Gasteiger partial charge in [0.05, 0.1) is 12.1 Å². The van der Waals surface area contributed by atoms with Gasteiger partial charge >= 0.3 is 0 Å². The molecule has 196 valence electrons. The number of hydrogen-bond acceptors (Lipinski definition) is 6. The number of hydrazine groups is 1. The van der Waals surface area contributed by atoms with E-state index in [9.17, 15) is 9.59 Å². The first kappa shape index (κ1) is 25.2. The molecule has 9 heteroatoms. The number of carbonyl (C=O) groups excluding carboxylic acids is 2. The van der Waals surface area contributed by atoms with E-state index in [2.05, 4.69) is 40.4 Å². The lowest BCUT2D eigenvalue weighted by atomic mass is 10.1. The van der Waals surface area contributed by atoms with Crippen molar-refractivity contribution in [2.45, 2.75) is 46.3 Å². The van der Waals surface area contributed by atoms with Crippen LogP contribution in [0.1, 0.15) is 35.7 Å². The number of anilines is 1. The summed E-state index contributed by atoms with van der Waals surface area (Å²) in [5, 5.41) is 16.2. The fraction of sp³-hybridized carbons (Fsp3) is 0.464. The Bertz CT molecular complexity index is 1280. The zero-order chi connectivity index (χ0) is 25.9. The van der Waals surface area contributed by atoms with E-state index >= 15 is 0 Å². The first-order valence-corrected chi connectivity index (χ1v) is 13.2. The van der Waals surface area contributed by atoms with E-state index in [4.69, 9.17) is 5.10 Å². The van der Waals surface area contributed by atoms with Crippen molar-refractivity contribution < 1.29 is 9.59 Å². The van der Waals surface area contributed by atoms with E-state index in [1.807, 2.05) is 30.1 Å². The normalized spacial score (nSPS) is 14.6. The molecule has 5 rings (SSSR count). The highest BCUT2D eigenvalue weighted by Gasteiger charge is 2.27. The maximum absolute atomic E-state index is 13.3. The second-order valence-electron chi connectivity index (χ2n) is 9.99. The number of aryl methyl sites for hydroxylation is 3. The second kappa shape index (κ2) is 10.9. The Balaban J connectivity index is 1.23. The summed E-state index contributed by atoms with van der Waals surface area (Å²) in [6.07, 6.45) is 2.21. The third kappa shape index (κ3) is 5.33. The molecule has 2 aliphatic rings. The largest absolute Gasteiger partial charge is 0.376 e. The molecule has 2 N–H and O–H groups in total. The number of fused-ring (bicyclic) bond motifs is 4. The number of aromatic nitrogens is 2. The SMILES string of the molecule is CCNCCN(CC(=O)N(C)N1Cc2ccccc2C1)C(=O)CNc1cc2nn3c(c2cc1C)CCC3. The summed E-state index contributed by atoms with van der Waals surface area (Å²) >= 11 is 0. The monoisotopic (exact) mass is 503 g/mol. The van der Waals surface area contributed by atoms with Gasteiger partial charge in [0.15, 0.2) is 0 Å². The van der Waals surface area contributed by atoms with Gasteiger partial charge in [0.1, 0.15) is 6.54 Å². The Hall–Kier alpha value is -3.43. The maximum atomic E-state index is 13.3.